The third kappa shape index (κ3) is 4.73. The van der Waals surface area contributed by atoms with Crippen LogP contribution in [0.5, 0.6) is 0 Å². The van der Waals surface area contributed by atoms with Crippen molar-refractivity contribution in [2.45, 2.75) is 38.0 Å². The summed E-state index contributed by atoms with van der Waals surface area (Å²) in [6.45, 7) is -1.74. The third-order valence-electron chi connectivity index (χ3n) is 5.19. The first-order valence-electron chi connectivity index (χ1n) is 8.30. The maximum absolute atomic E-state index is 13.0. The van der Waals surface area contributed by atoms with Gasteiger partial charge in [0.05, 0.1) is 17.8 Å². The van der Waals surface area contributed by atoms with Crippen molar-refractivity contribution >= 4 is 12.0 Å². The van der Waals surface area contributed by atoms with E-state index in [0.29, 0.717) is 17.7 Å². The molecule has 1 saturated heterocycles. The quantitative estimate of drug-likeness (QED) is 0.727. The van der Waals surface area contributed by atoms with E-state index in [1.807, 2.05) is 0 Å². The normalized spacial score (nSPS) is 30.3. The van der Waals surface area contributed by atoms with Gasteiger partial charge in [0, 0.05) is 19.6 Å². The summed E-state index contributed by atoms with van der Waals surface area (Å²) in [5.74, 6) is -8.01. The number of carboxylic acids is 1. The van der Waals surface area contributed by atoms with Crippen LogP contribution in [-0.2, 0) is 4.79 Å². The minimum atomic E-state index is -4.77. The van der Waals surface area contributed by atoms with Gasteiger partial charge >= 0.3 is 24.4 Å². The number of likely N-dealkylation sites (tertiary alicyclic amines) is 1. The second-order valence-electron chi connectivity index (χ2n) is 6.88. The van der Waals surface area contributed by atoms with E-state index in [-0.39, 0.29) is 19.4 Å². The number of halogens is 6. The summed E-state index contributed by atoms with van der Waals surface area (Å²) in [6.07, 6.45) is -7.90. The molecule has 2 N–H and O–H groups in total. The van der Waals surface area contributed by atoms with E-state index in [0.717, 1.165) is 0 Å². The first-order valence-corrected chi connectivity index (χ1v) is 8.30. The molecule has 2 amide bonds. The molecular formula is C15H20F6N2O3. The van der Waals surface area contributed by atoms with E-state index in [1.54, 1.807) is 0 Å². The van der Waals surface area contributed by atoms with Crippen molar-refractivity contribution in [3.63, 3.8) is 0 Å². The van der Waals surface area contributed by atoms with Crippen LogP contribution in [0.1, 0.15) is 25.7 Å². The van der Waals surface area contributed by atoms with Gasteiger partial charge in [0.1, 0.15) is 0 Å². The zero-order valence-corrected chi connectivity index (χ0v) is 13.7. The molecule has 2 aliphatic rings. The molecule has 11 heteroatoms. The second-order valence-corrected chi connectivity index (χ2v) is 6.88. The lowest BCUT2D eigenvalue weighted by atomic mass is 9.79. The smallest absolute Gasteiger partial charge is 0.394 e. The Kier molecular flexibility index (Phi) is 5.96. The molecule has 0 aromatic carbocycles. The van der Waals surface area contributed by atoms with E-state index in [1.165, 1.54) is 0 Å². The van der Waals surface area contributed by atoms with Crippen LogP contribution in [0.4, 0.5) is 31.1 Å². The summed E-state index contributed by atoms with van der Waals surface area (Å²) >= 11 is 0. The average molecular weight is 390 g/mol. The number of carbonyl (C=O) groups excluding carboxylic acids is 1. The predicted molar refractivity (Wildman–Crippen MR) is 77.1 cm³/mol. The Morgan fingerprint density at radius 2 is 1.54 bits per heavy atom. The van der Waals surface area contributed by atoms with Crippen molar-refractivity contribution in [3.05, 3.63) is 0 Å². The number of nitrogens with one attached hydrogen (secondary N) is 1. The monoisotopic (exact) mass is 390 g/mol. The number of amides is 2. The SMILES string of the molecule is O=C(O)[C@@H]1CN(C(=O)NC[C@H]2CCCC[C@H]2C(F)(F)F)C[C@H]1C(F)(F)F. The molecule has 5 nitrogen and oxygen atoms in total. The van der Waals surface area contributed by atoms with Gasteiger partial charge < -0.3 is 15.3 Å². The van der Waals surface area contributed by atoms with E-state index >= 15 is 0 Å². The van der Waals surface area contributed by atoms with Crippen molar-refractivity contribution in [1.82, 2.24) is 10.2 Å². The molecule has 0 spiro atoms. The molecular weight excluding hydrogens is 370 g/mol. The fourth-order valence-corrected chi connectivity index (χ4v) is 3.76. The molecule has 26 heavy (non-hydrogen) atoms. The van der Waals surface area contributed by atoms with Crippen LogP contribution in [0.25, 0.3) is 0 Å². The molecule has 0 unspecified atom stereocenters. The molecule has 2 rings (SSSR count). The molecule has 4 atom stereocenters. The van der Waals surface area contributed by atoms with Crippen LogP contribution in [0, 0.1) is 23.7 Å². The Labute approximate surface area is 145 Å². The number of alkyl halides is 6. The number of hydrogen-bond acceptors (Lipinski definition) is 2. The van der Waals surface area contributed by atoms with Crippen LogP contribution in [0.2, 0.25) is 0 Å². The van der Waals surface area contributed by atoms with Gasteiger partial charge in [-0.05, 0) is 18.8 Å². The lowest BCUT2D eigenvalue weighted by Gasteiger charge is -2.33. The number of carbonyl (C=O) groups is 2. The lowest BCUT2D eigenvalue weighted by Crippen LogP contribution is -2.45. The van der Waals surface area contributed by atoms with E-state index in [4.69, 9.17) is 5.11 Å². The second kappa shape index (κ2) is 7.51. The largest absolute Gasteiger partial charge is 0.481 e. The Balaban J connectivity index is 1.96. The van der Waals surface area contributed by atoms with E-state index in [2.05, 4.69) is 5.32 Å². The summed E-state index contributed by atoms with van der Waals surface area (Å²) in [5, 5.41) is 11.2. The first kappa shape index (κ1) is 20.6. The molecule has 1 heterocycles. The van der Waals surface area contributed by atoms with Gasteiger partial charge in [0.15, 0.2) is 0 Å². The minimum Gasteiger partial charge on any atom is -0.481 e. The van der Waals surface area contributed by atoms with Gasteiger partial charge in [-0.1, -0.05) is 12.8 Å². The Bertz CT molecular complexity index is 536. The molecule has 1 aliphatic carbocycles. The van der Waals surface area contributed by atoms with Gasteiger partial charge in [-0.15, -0.1) is 0 Å². The first-order chi connectivity index (χ1) is 11.9. The predicted octanol–water partition coefficient (Wildman–Crippen LogP) is 3.26. The van der Waals surface area contributed by atoms with Crippen molar-refractivity contribution in [2.24, 2.45) is 23.7 Å². The summed E-state index contributed by atoms with van der Waals surface area (Å²) in [4.78, 5) is 23.8. The number of carboxylic acid groups (broad SMARTS) is 1. The molecule has 0 aromatic rings. The van der Waals surface area contributed by atoms with Gasteiger partial charge in [0.25, 0.3) is 0 Å². The van der Waals surface area contributed by atoms with Crippen LogP contribution in [-0.4, -0.2) is 54.0 Å². The minimum absolute atomic E-state index is 0.0367. The van der Waals surface area contributed by atoms with Gasteiger partial charge in [-0.3, -0.25) is 4.79 Å². The number of rotatable bonds is 3. The number of hydrogen-bond donors (Lipinski definition) is 2. The molecule has 1 saturated carbocycles. The maximum Gasteiger partial charge on any atom is 0.394 e. The summed E-state index contributed by atoms with van der Waals surface area (Å²) < 4.78 is 77.8. The summed E-state index contributed by atoms with van der Waals surface area (Å²) in [7, 11) is 0. The van der Waals surface area contributed by atoms with Crippen LogP contribution < -0.4 is 5.32 Å². The fourth-order valence-electron chi connectivity index (χ4n) is 3.76. The van der Waals surface area contributed by atoms with Gasteiger partial charge in [-0.25, -0.2) is 4.79 Å². The highest BCUT2D eigenvalue weighted by atomic mass is 19.4. The highest BCUT2D eigenvalue weighted by Gasteiger charge is 2.53. The Hall–Kier alpha value is -1.68. The topological polar surface area (TPSA) is 69.6 Å². The van der Waals surface area contributed by atoms with Gasteiger partial charge in [0.2, 0.25) is 0 Å². The number of urea groups is 1. The lowest BCUT2D eigenvalue weighted by molar-refractivity contribution is -0.195. The van der Waals surface area contributed by atoms with Crippen molar-refractivity contribution in [3.8, 4) is 0 Å². The highest BCUT2D eigenvalue weighted by molar-refractivity contribution is 5.77. The summed E-state index contributed by atoms with van der Waals surface area (Å²) in [6, 6.07) is -0.963. The number of aliphatic carboxylic acids is 1. The highest BCUT2D eigenvalue weighted by Crippen LogP contribution is 2.41. The molecule has 0 aromatic heterocycles. The van der Waals surface area contributed by atoms with Crippen molar-refractivity contribution in [2.75, 3.05) is 19.6 Å². The van der Waals surface area contributed by atoms with E-state index < -0.39 is 61.1 Å². The van der Waals surface area contributed by atoms with Crippen molar-refractivity contribution < 1.29 is 41.0 Å². The molecule has 150 valence electrons. The zero-order valence-electron chi connectivity index (χ0n) is 13.7. The fraction of sp³-hybridized carbons (Fsp3) is 0.867. The molecule has 0 radical (unpaired) electrons. The van der Waals surface area contributed by atoms with Gasteiger partial charge in [-0.2, -0.15) is 26.3 Å². The number of nitrogens with zero attached hydrogens (tertiary/aromatic N) is 1. The molecule has 2 fully saturated rings. The standard InChI is InChI=1S/C15H20F6N2O3/c16-14(17,18)10-4-2-1-3-8(10)5-22-13(26)23-6-9(12(24)25)11(7-23)15(19,20)21/h8-11H,1-7H2,(H,22,26)(H,24,25)/t8-,9-,10-,11-/m1/s1. The molecule has 1 aliphatic heterocycles. The molecule has 0 bridgehead atoms. The van der Waals surface area contributed by atoms with Crippen LogP contribution in [0.3, 0.4) is 0 Å². The van der Waals surface area contributed by atoms with Crippen molar-refractivity contribution in [1.29, 1.82) is 0 Å². The summed E-state index contributed by atoms with van der Waals surface area (Å²) in [5.41, 5.74) is 0. The Morgan fingerprint density at radius 1 is 0.962 bits per heavy atom. The Morgan fingerprint density at radius 3 is 2.04 bits per heavy atom. The zero-order chi connectivity index (χ0) is 19.7. The van der Waals surface area contributed by atoms with E-state index in [9.17, 15) is 35.9 Å². The maximum atomic E-state index is 13.0. The average Bonchev–Trinajstić information content (AvgIpc) is 2.98. The third-order valence-corrected chi connectivity index (χ3v) is 5.19. The van der Waals surface area contributed by atoms with Crippen LogP contribution >= 0.6 is 0 Å². The van der Waals surface area contributed by atoms with Crippen LogP contribution in [0.15, 0.2) is 0 Å².